The highest BCUT2D eigenvalue weighted by molar-refractivity contribution is 5.95. The molecule has 0 saturated carbocycles. The maximum absolute atomic E-state index is 10.9. The van der Waals surface area contributed by atoms with Crippen LogP contribution >= 0.6 is 0 Å². The van der Waals surface area contributed by atoms with E-state index >= 15 is 0 Å². The molecule has 0 fully saturated rings. The Balaban J connectivity index is 3.39. The fourth-order valence-corrected chi connectivity index (χ4v) is 0.938. The minimum Gasteiger partial charge on any atom is -0.329 e. The van der Waals surface area contributed by atoms with Crippen molar-refractivity contribution in [2.45, 2.75) is 13.8 Å². The largest absolute Gasteiger partial charge is 0.329 e. The smallest absolute Gasteiger partial charge is 0.251 e. The zero-order chi connectivity index (χ0) is 8.43. The van der Waals surface area contributed by atoms with Crippen molar-refractivity contribution < 1.29 is 4.79 Å². The number of pyridine rings is 1. The summed E-state index contributed by atoms with van der Waals surface area (Å²) in [4.78, 5) is 24.3. The molecule has 0 amide bonds. The number of carbonyl (C=O) groups excluding carboxylic acids is 1. The van der Waals surface area contributed by atoms with Gasteiger partial charge in [0.2, 0.25) is 0 Å². The van der Waals surface area contributed by atoms with Crippen LogP contribution in [-0.2, 0) is 0 Å². The fourth-order valence-electron chi connectivity index (χ4n) is 0.938. The van der Waals surface area contributed by atoms with E-state index in [1.54, 1.807) is 13.0 Å². The van der Waals surface area contributed by atoms with Gasteiger partial charge in [0.25, 0.3) is 5.56 Å². The molecule has 1 heterocycles. The lowest BCUT2D eigenvalue weighted by molar-refractivity contribution is 0.101. The lowest BCUT2D eigenvalue weighted by atomic mass is 10.1. The molecule has 1 aromatic heterocycles. The Labute approximate surface area is 64.1 Å². The topological polar surface area (TPSA) is 49.9 Å². The first-order chi connectivity index (χ1) is 5.13. The van der Waals surface area contributed by atoms with E-state index in [0.717, 1.165) is 0 Å². The summed E-state index contributed by atoms with van der Waals surface area (Å²) in [5, 5.41) is 0. The Bertz CT molecular complexity index is 338. The van der Waals surface area contributed by atoms with Crippen LogP contribution in [0.25, 0.3) is 0 Å². The highest BCUT2D eigenvalue weighted by Gasteiger charge is 2.04. The number of hydrogen-bond acceptors (Lipinski definition) is 2. The van der Waals surface area contributed by atoms with Gasteiger partial charge in [-0.05, 0) is 19.9 Å². The number of Topliss-reactive ketones (excluding diaryl/α,β-unsaturated/α-hetero) is 1. The molecular formula is C8H9NO2. The lowest BCUT2D eigenvalue weighted by Crippen LogP contribution is -2.13. The van der Waals surface area contributed by atoms with Gasteiger partial charge < -0.3 is 4.98 Å². The van der Waals surface area contributed by atoms with Crippen LogP contribution in [0.1, 0.15) is 22.8 Å². The zero-order valence-electron chi connectivity index (χ0n) is 6.47. The summed E-state index contributed by atoms with van der Waals surface area (Å²) in [7, 11) is 0. The van der Waals surface area contributed by atoms with Crippen LogP contribution in [-0.4, -0.2) is 10.8 Å². The number of rotatable bonds is 1. The number of ketones is 1. The first kappa shape index (κ1) is 7.72. The average Bonchev–Trinajstić information content (AvgIpc) is 1.94. The Morgan fingerprint density at radius 1 is 1.55 bits per heavy atom. The molecule has 1 N–H and O–H groups in total. The Hall–Kier alpha value is -1.38. The minimum atomic E-state index is -0.197. The van der Waals surface area contributed by atoms with Crippen molar-refractivity contribution in [1.29, 1.82) is 0 Å². The normalized spacial score (nSPS) is 9.64. The molecule has 3 heteroatoms. The van der Waals surface area contributed by atoms with E-state index in [0.29, 0.717) is 11.1 Å². The van der Waals surface area contributed by atoms with Crippen molar-refractivity contribution >= 4 is 5.78 Å². The zero-order valence-corrected chi connectivity index (χ0v) is 6.47. The van der Waals surface area contributed by atoms with Crippen LogP contribution < -0.4 is 5.56 Å². The van der Waals surface area contributed by atoms with Crippen LogP contribution in [0.5, 0.6) is 0 Å². The van der Waals surface area contributed by atoms with E-state index < -0.39 is 0 Å². The molecule has 0 spiro atoms. The van der Waals surface area contributed by atoms with E-state index in [1.807, 2.05) is 0 Å². The summed E-state index contributed by atoms with van der Waals surface area (Å²) in [6.07, 6.45) is 1.48. The molecule has 0 atom stereocenters. The summed E-state index contributed by atoms with van der Waals surface area (Å²) in [5.74, 6) is -0.0754. The predicted octanol–water partition coefficient (Wildman–Crippen LogP) is 0.886. The number of nitrogens with one attached hydrogen (secondary N) is 1. The summed E-state index contributed by atoms with van der Waals surface area (Å²) in [5.41, 5.74) is 0.784. The van der Waals surface area contributed by atoms with E-state index in [-0.39, 0.29) is 11.3 Å². The van der Waals surface area contributed by atoms with Gasteiger partial charge in [0.05, 0.1) is 0 Å². The number of H-pyrrole nitrogens is 1. The Morgan fingerprint density at radius 2 is 2.18 bits per heavy atom. The van der Waals surface area contributed by atoms with Gasteiger partial charge in [0.1, 0.15) is 0 Å². The second kappa shape index (κ2) is 2.70. The molecule has 0 aliphatic carbocycles. The highest BCUT2D eigenvalue weighted by Crippen LogP contribution is 2.00. The van der Waals surface area contributed by atoms with E-state index in [1.165, 1.54) is 13.1 Å². The second-order valence-corrected chi connectivity index (χ2v) is 2.40. The molecule has 0 unspecified atom stereocenters. The molecule has 3 nitrogen and oxygen atoms in total. The standard InChI is InChI=1S/C8H9NO2/c1-5-7(6(2)10)3-4-9-8(5)11/h3-4H,1-2H3,(H,9,11). The molecule has 58 valence electrons. The van der Waals surface area contributed by atoms with Gasteiger partial charge in [-0.25, -0.2) is 0 Å². The summed E-state index contributed by atoms with van der Waals surface area (Å²) in [6.45, 7) is 3.08. The average molecular weight is 151 g/mol. The first-order valence-corrected chi connectivity index (χ1v) is 3.32. The third-order valence-corrected chi connectivity index (χ3v) is 1.59. The summed E-state index contributed by atoms with van der Waals surface area (Å²) in [6, 6.07) is 1.61. The third kappa shape index (κ3) is 1.37. The minimum absolute atomic E-state index is 0.0754. The maximum atomic E-state index is 10.9. The van der Waals surface area contributed by atoms with Crippen molar-refractivity contribution in [3.8, 4) is 0 Å². The van der Waals surface area contributed by atoms with Gasteiger partial charge in [-0.3, -0.25) is 9.59 Å². The van der Waals surface area contributed by atoms with Crippen LogP contribution in [0.3, 0.4) is 0 Å². The fraction of sp³-hybridized carbons (Fsp3) is 0.250. The third-order valence-electron chi connectivity index (χ3n) is 1.59. The number of aromatic nitrogens is 1. The number of carbonyl (C=O) groups is 1. The quantitative estimate of drug-likeness (QED) is 0.606. The molecule has 0 aliphatic rings. The van der Waals surface area contributed by atoms with Crippen molar-refractivity contribution in [1.82, 2.24) is 4.98 Å². The van der Waals surface area contributed by atoms with Crippen molar-refractivity contribution in [2.75, 3.05) is 0 Å². The van der Waals surface area contributed by atoms with Gasteiger partial charge in [0.15, 0.2) is 5.78 Å². The second-order valence-electron chi connectivity index (χ2n) is 2.40. The molecule has 1 rings (SSSR count). The van der Waals surface area contributed by atoms with Gasteiger partial charge in [-0.2, -0.15) is 0 Å². The summed E-state index contributed by atoms with van der Waals surface area (Å²) < 4.78 is 0. The van der Waals surface area contributed by atoms with E-state index in [2.05, 4.69) is 4.98 Å². The number of aromatic amines is 1. The molecular weight excluding hydrogens is 142 g/mol. The molecule has 1 aromatic rings. The SMILES string of the molecule is CC(=O)c1cc[nH]c(=O)c1C. The van der Waals surface area contributed by atoms with E-state index in [9.17, 15) is 9.59 Å². The number of hydrogen-bond donors (Lipinski definition) is 1. The first-order valence-electron chi connectivity index (χ1n) is 3.32. The maximum Gasteiger partial charge on any atom is 0.251 e. The van der Waals surface area contributed by atoms with Crippen molar-refractivity contribution in [2.24, 2.45) is 0 Å². The van der Waals surface area contributed by atoms with Crippen LogP contribution in [0.4, 0.5) is 0 Å². The van der Waals surface area contributed by atoms with Crippen molar-refractivity contribution in [3.63, 3.8) is 0 Å². The van der Waals surface area contributed by atoms with Gasteiger partial charge >= 0.3 is 0 Å². The van der Waals surface area contributed by atoms with Crippen LogP contribution in [0.2, 0.25) is 0 Å². The molecule has 0 saturated heterocycles. The summed E-state index contributed by atoms with van der Waals surface area (Å²) >= 11 is 0. The van der Waals surface area contributed by atoms with E-state index in [4.69, 9.17) is 0 Å². The molecule has 0 radical (unpaired) electrons. The molecule has 0 aliphatic heterocycles. The molecule has 0 bridgehead atoms. The lowest BCUT2D eigenvalue weighted by Gasteiger charge is -1.97. The molecule has 11 heavy (non-hydrogen) atoms. The van der Waals surface area contributed by atoms with Gasteiger partial charge in [-0.1, -0.05) is 0 Å². The predicted molar refractivity (Wildman–Crippen MR) is 41.8 cm³/mol. The Morgan fingerprint density at radius 3 is 2.64 bits per heavy atom. The van der Waals surface area contributed by atoms with Gasteiger partial charge in [0, 0.05) is 17.3 Å². The highest BCUT2D eigenvalue weighted by atomic mass is 16.1. The van der Waals surface area contributed by atoms with Crippen LogP contribution in [0.15, 0.2) is 17.1 Å². The monoisotopic (exact) mass is 151 g/mol. The van der Waals surface area contributed by atoms with Crippen LogP contribution in [0, 0.1) is 6.92 Å². The van der Waals surface area contributed by atoms with Crippen molar-refractivity contribution in [3.05, 3.63) is 33.7 Å². The Kier molecular flexibility index (Phi) is 1.89. The molecule has 0 aromatic carbocycles. The van der Waals surface area contributed by atoms with Gasteiger partial charge in [-0.15, -0.1) is 0 Å².